The van der Waals surface area contributed by atoms with Crippen LogP contribution < -0.4 is 5.73 Å². The lowest BCUT2D eigenvalue weighted by atomic mass is 9.67. The van der Waals surface area contributed by atoms with Crippen LogP contribution in [0.4, 0.5) is 5.69 Å². The van der Waals surface area contributed by atoms with Crippen LogP contribution >= 0.6 is 0 Å². The Morgan fingerprint density at radius 3 is 2.53 bits per heavy atom. The molecule has 1 unspecified atom stereocenters. The molecule has 0 heterocycles. The molecular weight excluding hydrogens is 206 g/mol. The van der Waals surface area contributed by atoms with Gasteiger partial charge in [0.05, 0.1) is 0 Å². The lowest BCUT2D eigenvalue weighted by Gasteiger charge is -2.37. The molecular formula is C16H23N. The third kappa shape index (κ3) is 2.38. The first-order valence-corrected chi connectivity index (χ1v) is 6.52. The van der Waals surface area contributed by atoms with Crippen LogP contribution in [0.25, 0.3) is 0 Å². The molecule has 0 spiro atoms. The van der Waals surface area contributed by atoms with Crippen LogP contribution in [0.5, 0.6) is 0 Å². The van der Waals surface area contributed by atoms with E-state index in [-0.39, 0.29) is 5.41 Å². The normalized spacial score (nSPS) is 21.1. The molecule has 1 aromatic rings. The molecule has 0 amide bonds. The van der Waals surface area contributed by atoms with Gasteiger partial charge in [-0.2, -0.15) is 0 Å². The zero-order chi connectivity index (χ0) is 12.5. The first-order valence-electron chi connectivity index (χ1n) is 6.52. The van der Waals surface area contributed by atoms with Crippen molar-refractivity contribution in [3.8, 4) is 0 Å². The molecule has 1 aliphatic carbocycles. The smallest absolute Gasteiger partial charge is 0.0352 e. The maximum Gasteiger partial charge on any atom is 0.0352 e. The van der Waals surface area contributed by atoms with Crippen LogP contribution in [-0.2, 0) is 5.41 Å². The van der Waals surface area contributed by atoms with Gasteiger partial charge >= 0.3 is 0 Å². The highest BCUT2D eigenvalue weighted by Gasteiger charge is 2.32. The minimum absolute atomic E-state index is 0.169. The second kappa shape index (κ2) is 4.56. The predicted octanol–water partition coefficient (Wildman–Crippen LogP) is 4.29. The SMILES string of the molecule is CC1=CCC(C(C)(C)c2ccccc2N)CC1. The van der Waals surface area contributed by atoms with Gasteiger partial charge in [0, 0.05) is 5.69 Å². The summed E-state index contributed by atoms with van der Waals surface area (Å²) < 4.78 is 0. The molecule has 1 aliphatic rings. The Morgan fingerprint density at radius 2 is 1.94 bits per heavy atom. The molecule has 1 atom stereocenters. The minimum atomic E-state index is 0.169. The lowest BCUT2D eigenvalue weighted by molar-refractivity contribution is 0.292. The zero-order valence-electron chi connectivity index (χ0n) is 11.2. The van der Waals surface area contributed by atoms with Gasteiger partial charge in [-0.3, -0.25) is 0 Å². The number of para-hydroxylation sites is 1. The highest BCUT2D eigenvalue weighted by atomic mass is 14.6. The van der Waals surface area contributed by atoms with Gasteiger partial charge in [0.2, 0.25) is 0 Å². The predicted molar refractivity (Wildman–Crippen MR) is 75.0 cm³/mol. The highest BCUT2D eigenvalue weighted by Crippen LogP contribution is 2.41. The number of hydrogen-bond acceptors (Lipinski definition) is 1. The van der Waals surface area contributed by atoms with E-state index >= 15 is 0 Å². The Labute approximate surface area is 105 Å². The largest absolute Gasteiger partial charge is 0.398 e. The number of anilines is 1. The van der Waals surface area contributed by atoms with Gasteiger partial charge in [0.15, 0.2) is 0 Å². The van der Waals surface area contributed by atoms with Gasteiger partial charge in [0.25, 0.3) is 0 Å². The summed E-state index contributed by atoms with van der Waals surface area (Å²) in [4.78, 5) is 0. The summed E-state index contributed by atoms with van der Waals surface area (Å²) in [5.74, 6) is 0.705. The number of allylic oxidation sites excluding steroid dienone is 2. The second-order valence-electron chi connectivity index (χ2n) is 5.83. The van der Waals surface area contributed by atoms with Gasteiger partial charge in [-0.05, 0) is 49.1 Å². The fraction of sp³-hybridized carbons (Fsp3) is 0.500. The molecule has 0 aliphatic heterocycles. The summed E-state index contributed by atoms with van der Waals surface area (Å²) in [6, 6.07) is 8.30. The number of rotatable bonds is 2. The summed E-state index contributed by atoms with van der Waals surface area (Å²) >= 11 is 0. The molecule has 2 N–H and O–H groups in total. The average molecular weight is 229 g/mol. The second-order valence-corrected chi connectivity index (χ2v) is 5.83. The summed E-state index contributed by atoms with van der Waals surface area (Å²) in [5.41, 5.74) is 10.1. The van der Waals surface area contributed by atoms with Crippen molar-refractivity contribution < 1.29 is 0 Å². The Balaban J connectivity index is 2.28. The van der Waals surface area contributed by atoms with Crippen LogP contribution in [0.1, 0.15) is 45.6 Å². The van der Waals surface area contributed by atoms with Gasteiger partial charge in [-0.15, -0.1) is 0 Å². The molecule has 17 heavy (non-hydrogen) atoms. The van der Waals surface area contributed by atoms with Crippen LogP contribution in [0, 0.1) is 5.92 Å². The van der Waals surface area contributed by atoms with E-state index in [1.807, 2.05) is 12.1 Å². The minimum Gasteiger partial charge on any atom is -0.398 e. The first kappa shape index (κ1) is 12.2. The van der Waals surface area contributed by atoms with E-state index in [2.05, 4.69) is 39.0 Å². The molecule has 0 radical (unpaired) electrons. The van der Waals surface area contributed by atoms with Crippen molar-refractivity contribution in [3.63, 3.8) is 0 Å². The van der Waals surface area contributed by atoms with E-state index in [9.17, 15) is 0 Å². The molecule has 0 aromatic heterocycles. The average Bonchev–Trinajstić information content (AvgIpc) is 2.30. The molecule has 2 rings (SSSR count). The number of nitrogen functional groups attached to an aromatic ring is 1. The van der Waals surface area contributed by atoms with Crippen molar-refractivity contribution in [3.05, 3.63) is 41.5 Å². The van der Waals surface area contributed by atoms with Gasteiger partial charge in [-0.25, -0.2) is 0 Å². The summed E-state index contributed by atoms with van der Waals surface area (Å²) in [5, 5.41) is 0. The van der Waals surface area contributed by atoms with Crippen LogP contribution in [0.3, 0.4) is 0 Å². The lowest BCUT2D eigenvalue weighted by Crippen LogP contribution is -2.30. The standard InChI is InChI=1S/C16H23N/c1-12-8-10-13(11-9-12)16(2,3)14-6-4-5-7-15(14)17/h4-8,13H,9-11,17H2,1-3H3. The zero-order valence-corrected chi connectivity index (χ0v) is 11.2. The number of nitrogens with two attached hydrogens (primary N) is 1. The molecule has 0 saturated carbocycles. The fourth-order valence-corrected chi connectivity index (χ4v) is 2.92. The molecule has 1 nitrogen and oxygen atoms in total. The van der Waals surface area contributed by atoms with E-state index in [1.165, 1.54) is 30.4 Å². The number of hydrogen-bond donors (Lipinski definition) is 1. The van der Waals surface area contributed by atoms with E-state index in [4.69, 9.17) is 5.73 Å². The molecule has 0 bridgehead atoms. The van der Waals surface area contributed by atoms with Crippen LogP contribution in [-0.4, -0.2) is 0 Å². The van der Waals surface area contributed by atoms with Crippen molar-refractivity contribution in [2.75, 3.05) is 5.73 Å². The van der Waals surface area contributed by atoms with E-state index in [0.29, 0.717) is 5.92 Å². The van der Waals surface area contributed by atoms with Crippen LogP contribution in [0.15, 0.2) is 35.9 Å². The van der Waals surface area contributed by atoms with Crippen molar-refractivity contribution in [1.82, 2.24) is 0 Å². The van der Waals surface area contributed by atoms with Crippen molar-refractivity contribution in [1.29, 1.82) is 0 Å². The van der Waals surface area contributed by atoms with Gasteiger partial charge in [-0.1, -0.05) is 43.7 Å². The number of benzene rings is 1. The summed E-state index contributed by atoms with van der Waals surface area (Å²) in [7, 11) is 0. The molecule has 0 fully saturated rings. The monoisotopic (exact) mass is 229 g/mol. The van der Waals surface area contributed by atoms with Crippen molar-refractivity contribution >= 4 is 5.69 Å². The first-order chi connectivity index (χ1) is 8.01. The maximum atomic E-state index is 6.13. The maximum absolute atomic E-state index is 6.13. The molecule has 1 heteroatoms. The summed E-state index contributed by atoms with van der Waals surface area (Å²) in [6.07, 6.45) is 6.10. The Hall–Kier alpha value is -1.24. The van der Waals surface area contributed by atoms with E-state index < -0.39 is 0 Å². The van der Waals surface area contributed by atoms with Gasteiger partial charge < -0.3 is 5.73 Å². The Morgan fingerprint density at radius 1 is 1.24 bits per heavy atom. The van der Waals surface area contributed by atoms with Crippen molar-refractivity contribution in [2.24, 2.45) is 5.92 Å². The molecule has 92 valence electrons. The van der Waals surface area contributed by atoms with Crippen LogP contribution in [0.2, 0.25) is 0 Å². The third-order valence-electron chi connectivity index (χ3n) is 4.31. The quantitative estimate of drug-likeness (QED) is 0.594. The Kier molecular flexibility index (Phi) is 3.28. The topological polar surface area (TPSA) is 26.0 Å². The van der Waals surface area contributed by atoms with E-state index in [1.54, 1.807) is 0 Å². The van der Waals surface area contributed by atoms with E-state index in [0.717, 1.165) is 5.69 Å². The molecule has 1 aromatic carbocycles. The Bertz CT molecular complexity index is 429. The highest BCUT2D eigenvalue weighted by molar-refractivity contribution is 5.50. The molecule has 0 saturated heterocycles. The third-order valence-corrected chi connectivity index (χ3v) is 4.31. The fourth-order valence-electron chi connectivity index (χ4n) is 2.92. The van der Waals surface area contributed by atoms with Gasteiger partial charge in [0.1, 0.15) is 0 Å². The summed E-state index contributed by atoms with van der Waals surface area (Å²) in [6.45, 7) is 6.90. The van der Waals surface area contributed by atoms with Crippen molar-refractivity contribution in [2.45, 2.75) is 45.4 Å².